The van der Waals surface area contributed by atoms with Crippen LogP contribution in [0.25, 0.3) is 0 Å². The Morgan fingerprint density at radius 3 is 1.94 bits per heavy atom. The molecule has 1 amide bonds. The van der Waals surface area contributed by atoms with Crippen LogP contribution in [0.3, 0.4) is 0 Å². The van der Waals surface area contributed by atoms with E-state index in [0.717, 1.165) is 21.9 Å². The van der Waals surface area contributed by atoms with Crippen molar-refractivity contribution in [1.29, 1.82) is 0 Å². The van der Waals surface area contributed by atoms with Gasteiger partial charge in [0.25, 0.3) is 15.9 Å². The van der Waals surface area contributed by atoms with E-state index in [1.807, 2.05) is 32.9 Å². The number of carbonyl (C=O) groups excluding carboxylic acids is 1. The molecule has 3 aromatic carbocycles. The van der Waals surface area contributed by atoms with Crippen LogP contribution in [0.15, 0.2) is 77.7 Å². The van der Waals surface area contributed by atoms with Gasteiger partial charge in [0.1, 0.15) is 11.5 Å². The van der Waals surface area contributed by atoms with E-state index in [4.69, 9.17) is 9.47 Å². The Bertz CT molecular complexity index is 1140. The standard InChI is InChI=1S/C25H27NO5S/c1-4-20-8-12-23(13-9-20)31-18-25(27)26(21-10-14-22(15-11-21)30-5-2)32(28,29)24-16-6-19(3)7-17-24/h6-17H,4-5,18H2,1-3H3. The highest BCUT2D eigenvalue weighted by molar-refractivity contribution is 7.93. The highest BCUT2D eigenvalue weighted by atomic mass is 32.2. The first kappa shape index (κ1) is 23.3. The third kappa shape index (κ3) is 5.48. The fraction of sp³-hybridized carbons (Fsp3) is 0.240. The molecule has 0 saturated heterocycles. The molecule has 0 radical (unpaired) electrons. The second kappa shape index (κ2) is 10.3. The van der Waals surface area contributed by atoms with E-state index >= 15 is 0 Å². The zero-order valence-electron chi connectivity index (χ0n) is 18.4. The van der Waals surface area contributed by atoms with Crippen LogP contribution in [0.1, 0.15) is 25.0 Å². The molecular weight excluding hydrogens is 426 g/mol. The molecule has 0 spiro atoms. The quantitative estimate of drug-likeness (QED) is 0.467. The van der Waals surface area contributed by atoms with Crippen molar-refractivity contribution < 1.29 is 22.7 Å². The van der Waals surface area contributed by atoms with E-state index < -0.39 is 22.5 Å². The van der Waals surface area contributed by atoms with Crippen LogP contribution >= 0.6 is 0 Å². The third-order valence-corrected chi connectivity index (χ3v) is 6.62. The number of anilines is 1. The van der Waals surface area contributed by atoms with Gasteiger partial charge in [-0.05, 0) is 74.4 Å². The predicted octanol–water partition coefficient (Wildman–Crippen LogP) is 4.76. The molecule has 0 saturated carbocycles. The second-order valence-corrected chi connectivity index (χ2v) is 8.98. The predicted molar refractivity (Wildman–Crippen MR) is 125 cm³/mol. The molecule has 0 fully saturated rings. The van der Waals surface area contributed by atoms with Gasteiger partial charge in [-0.25, -0.2) is 8.42 Å². The van der Waals surface area contributed by atoms with Crippen molar-refractivity contribution in [2.75, 3.05) is 17.5 Å². The summed E-state index contributed by atoms with van der Waals surface area (Å²) in [6.07, 6.45) is 0.888. The van der Waals surface area contributed by atoms with E-state index in [0.29, 0.717) is 18.1 Å². The van der Waals surface area contributed by atoms with Gasteiger partial charge in [-0.2, -0.15) is 4.31 Å². The first-order valence-electron chi connectivity index (χ1n) is 10.4. The minimum Gasteiger partial charge on any atom is -0.494 e. The zero-order chi connectivity index (χ0) is 23.1. The molecule has 0 aliphatic rings. The topological polar surface area (TPSA) is 72.9 Å². The molecule has 0 unspecified atom stereocenters. The van der Waals surface area contributed by atoms with Crippen molar-refractivity contribution in [2.45, 2.75) is 32.1 Å². The molecule has 0 aliphatic carbocycles. The second-order valence-electron chi connectivity index (χ2n) is 7.19. The number of hydrogen-bond donors (Lipinski definition) is 0. The molecule has 7 heteroatoms. The molecule has 168 valence electrons. The van der Waals surface area contributed by atoms with E-state index in [1.54, 1.807) is 48.5 Å². The van der Waals surface area contributed by atoms with Crippen molar-refractivity contribution in [3.8, 4) is 11.5 Å². The average molecular weight is 454 g/mol. The number of hydrogen-bond acceptors (Lipinski definition) is 5. The van der Waals surface area contributed by atoms with E-state index in [9.17, 15) is 13.2 Å². The average Bonchev–Trinajstić information content (AvgIpc) is 2.79. The Morgan fingerprint density at radius 2 is 1.38 bits per heavy atom. The molecule has 0 aliphatic heterocycles. The van der Waals surface area contributed by atoms with Gasteiger partial charge < -0.3 is 9.47 Å². The Morgan fingerprint density at radius 1 is 0.812 bits per heavy atom. The molecule has 0 heterocycles. The van der Waals surface area contributed by atoms with Crippen LogP contribution < -0.4 is 13.8 Å². The summed E-state index contributed by atoms with van der Waals surface area (Å²) in [6, 6.07) is 20.1. The van der Waals surface area contributed by atoms with Crippen LogP contribution in [-0.2, 0) is 21.2 Å². The molecule has 0 aromatic heterocycles. The number of nitrogens with zero attached hydrogens (tertiary/aromatic N) is 1. The Labute approximate surface area is 189 Å². The first-order valence-corrected chi connectivity index (χ1v) is 11.9. The fourth-order valence-corrected chi connectivity index (χ4v) is 4.51. The summed E-state index contributed by atoms with van der Waals surface area (Å²) in [6.45, 7) is 5.82. The van der Waals surface area contributed by atoms with Crippen LogP contribution in [0, 0.1) is 6.92 Å². The lowest BCUT2D eigenvalue weighted by atomic mass is 10.2. The van der Waals surface area contributed by atoms with Crippen LogP contribution in [0.4, 0.5) is 5.69 Å². The number of amides is 1. The van der Waals surface area contributed by atoms with Crippen LogP contribution in [0.5, 0.6) is 11.5 Å². The largest absolute Gasteiger partial charge is 0.494 e. The summed E-state index contributed by atoms with van der Waals surface area (Å²) in [5.41, 5.74) is 2.27. The molecule has 0 atom stereocenters. The number of benzene rings is 3. The van der Waals surface area contributed by atoms with Crippen molar-refractivity contribution in [3.05, 3.63) is 83.9 Å². The molecule has 6 nitrogen and oxygen atoms in total. The Balaban J connectivity index is 1.91. The summed E-state index contributed by atoms with van der Waals surface area (Å²) in [7, 11) is -4.15. The highest BCUT2D eigenvalue weighted by Crippen LogP contribution is 2.27. The smallest absolute Gasteiger partial charge is 0.278 e. The maximum Gasteiger partial charge on any atom is 0.278 e. The van der Waals surface area contributed by atoms with E-state index in [-0.39, 0.29) is 10.6 Å². The van der Waals surface area contributed by atoms with Gasteiger partial charge >= 0.3 is 0 Å². The van der Waals surface area contributed by atoms with Crippen molar-refractivity contribution in [3.63, 3.8) is 0 Å². The molecular formula is C25H27NO5S. The minimum atomic E-state index is -4.15. The number of sulfonamides is 1. The molecule has 0 bridgehead atoms. The van der Waals surface area contributed by atoms with Crippen molar-refractivity contribution in [2.24, 2.45) is 0 Å². The number of rotatable bonds is 9. The van der Waals surface area contributed by atoms with Gasteiger partial charge in [0.05, 0.1) is 17.2 Å². The molecule has 3 aromatic rings. The summed E-state index contributed by atoms with van der Waals surface area (Å²) in [5.74, 6) is 0.382. The molecule has 3 rings (SSSR count). The molecule has 0 N–H and O–H groups in total. The van der Waals surface area contributed by atoms with Gasteiger partial charge in [-0.3, -0.25) is 4.79 Å². The SMILES string of the molecule is CCOc1ccc(N(C(=O)COc2ccc(CC)cc2)S(=O)(=O)c2ccc(C)cc2)cc1. The summed E-state index contributed by atoms with van der Waals surface area (Å²) in [5, 5.41) is 0. The Kier molecular flexibility index (Phi) is 7.53. The van der Waals surface area contributed by atoms with Crippen molar-refractivity contribution in [1.82, 2.24) is 0 Å². The van der Waals surface area contributed by atoms with Crippen LogP contribution in [0.2, 0.25) is 0 Å². The zero-order valence-corrected chi connectivity index (χ0v) is 19.3. The van der Waals surface area contributed by atoms with Gasteiger partial charge in [0.2, 0.25) is 0 Å². The lowest BCUT2D eigenvalue weighted by molar-refractivity contribution is -0.119. The fourth-order valence-electron chi connectivity index (χ4n) is 3.10. The van der Waals surface area contributed by atoms with Crippen molar-refractivity contribution >= 4 is 21.6 Å². The maximum absolute atomic E-state index is 13.4. The summed E-state index contributed by atoms with van der Waals surface area (Å²) in [4.78, 5) is 13.2. The van der Waals surface area contributed by atoms with Gasteiger partial charge in [0.15, 0.2) is 6.61 Å². The third-order valence-electron chi connectivity index (χ3n) is 4.86. The minimum absolute atomic E-state index is 0.0256. The lowest BCUT2D eigenvalue weighted by Crippen LogP contribution is -2.40. The number of ether oxygens (including phenoxy) is 2. The Hall–Kier alpha value is -3.32. The van der Waals surface area contributed by atoms with Crippen LogP contribution in [-0.4, -0.2) is 27.5 Å². The van der Waals surface area contributed by atoms with Gasteiger partial charge in [-0.1, -0.05) is 36.8 Å². The summed E-state index contributed by atoms with van der Waals surface area (Å²) >= 11 is 0. The maximum atomic E-state index is 13.4. The van der Waals surface area contributed by atoms with Gasteiger partial charge in [-0.15, -0.1) is 0 Å². The van der Waals surface area contributed by atoms with Gasteiger partial charge in [0, 0.05) is 0 Å². The van der Waals surface area contributed by atoms with E-state index in [1.165, 1.54) is 12.1 Å². The number of carbonyl (C=O) groups is 1. The normalized spacial score (nSPS) is 11.1. The highest BCUT2D eigenvalue weighted by Gasteiger charge is 2.31. The molecule has 32 heavy (non-hydrogen) atoms. The first-order chi connectivity index (χ1) is 15.3. The monoisotopic (exact) mass is 453 g/mol. The van der Waals surface area contributed by atoms with E-state index in [2.05, 4.69) is 0 Å². The summed E-state index contributed by atoms with van der Waals surface area (Å²) < 4.78 is 38.6. The lowest BCUT2D eigenvalue weighted by Gasteiger charge is -2.23. The number of aryl methyl sites for hydroxylation is 2.